The van der Waals surface area contributed by atoms with Gasteiger partial charge in [-0.25, -0.2) is 0 Å². The van der Waals surface area contributed by atoms with Crippen LogP contribution in [0.4, 0.5) is 5.69 Å². The summed E-state index contributed by atoms with van der Waals surface area (Å²) in [6.07, 6.45) is 6.61. The maximum absolute atomic E-state index is 12.0. The molecule has 0 saturated carbocycles. The number of nitrogens with zero attached hydrogens (tertiary/aromatic N) is 2. The highest BCUT2D eigenvalue weighted by molar-refractivity contribution is 5.90. The van der Waals surface area contributed by atoms with Crippen LogP contribution in [0.25, 0.3) is 0 Å². The third kappa shape index (κ3) is 4.06. The van der Waals surface area contributed by atoms with Gasteiger partial charge in [-0.05, 0) is 44.7 Å². The number of rotatable bonds is 5. The first-order valence-corrected chi connectivity index (χ1v) is 7.22. The van der Waals surface area contributed by atoms with E-state index in [4.69, 9.17) is 0 Å². The summed E-state index contributed by atoms with van der Waals surface area (Å²) in [5, 5.41) is 10.5. The number of hydrogen-bond acceptors (Lipinski definition) is 3. The molecule has 0 aromatic carbocycles. The molecule has 1 aromatic rings. The van der Waals surface area contributed by atoms with Crippen LogP contribution in [0.1, 0.15) is 33.1 Å². The van der Waals surface area contributed by atoms with Crippen molar-refractivity contribution in [2.75, 3.05) is 18.4 Å². The maximum atomic E-state index is 12.0. The zero-order chi connectivity index (χ0) is 13.7. The van der Waals surface area contributed by atoms with E-state index in [1.165, 1.54) is 12.8 Å². The van der Waals surface area contributed by atoms with Crippen LogP contribution in [-0.2, 0) is 11.3 Å². The zero-order valence-corrected chi connectivity index (χ0v) is 11.9. The van der Waals surface area contributed by atoms with Crippen molar-refractivity contribution in [3.05, 3.63) is 12.4 Å². The first-order valence-electron chi connectivity index (χ1n) is 7.22. The van der Waals surface area contributed by atoms with Gasteiger partial charge in [0.05, 0.1) is 11.9 Å². The third-order valence-electron chi connectivity index (χ3n) is 3.89. The summed E-state index contributed by atoms with van der Waals surface area (Å²) in [5.74, 6) is 1.14. The van der Waals surface area contributed by atoms with Crippen molar-refractivity contribution >= 4 is 11.6 Å². The van der Waals surface area contributed by atoms with E-state index in [0.717, 1.165) is 25.3 Å². The van der Waals surface area contributed by atoms with Gasteiger partial charge in [-0.1, -0.05) is 6.92 Å². The highest BCUT2D eigenvalue weighted by atomic mass is 16.1. The molecule has 2 atom stereocenters. The SMILES string of the molecule is CCn1cc(NC(=O)CC(C)C2CCCNC2)cn1. The van der Waals surface area contributed by atoms with Crippen molar-refractivity contribution < 1.29 is 4.79 Å². The van der Waals surface area contributed by atoms with E-state index in [0.29, 0.717) is 18.3 Å². The molecule has 1 aromatic heterocycles. The summed E-state index contributed by atoms with van der Waals surface area (Å²) in [5.41, 5.74) is 0.792. The number of carbonyl (C=O) groups is 1. The number of carbonyl (C=O) groups excluding carboxylic acids is 1. The van der Waals surface area contributed by atoms with Crippen molar-refractivity contribution in [2.24, 2.45) is 11.8 Å². The van der Waals surface area contributed by atoms with Crippen molar-refractivity contribution in [3.63, 3.8) is 0 Å². The summed E-state index contributed by atoms with van der Waals surface area (Å²) in [6, 6.07) is 0. The zero-order valence-electron chi connectivity index (χ0n) is 11.9. The summed E-state index contributed by atoms with van der Waals surface area (Å²) in [4.78, 5) is 12.0. The molecule has 1 aliphatic heterocycles. The van der Waals surface area contributed by atoms with Crippen LogP contribution in [0.2, 0.25) is 0 Å². The van der Waals surface area contributed by atoms with Crippen LogP contribution in [0.3, 0.4) is 0 Å². The van der Waals surface area contributed by atoms with Crippen LogP contribution in [0, 0.1) is 11.8 Å². The number of aryl methyl sites for hydroxylation is 1. The Morgan fingerprint density at radius 3 is 3.16 bits per heavy atom. The highest BCUT2D eigenvalue weighted by Gasteiger charge is 2.22. The molecule has 5 nitrogen and oxygen atoms in total. The fourth-order valence-electron chi connectivity index (χ4n) is 2.64. The van der Waals surface area contributed by atoms with E-state index in [9.17, 15) is 4.79 Å². The van der Waals surface area contributed by atoms with Crippen molar-refractivity contribution in [3.8, 4) is 0 Å². The Bertz CT molecular complexity index is 409. The summed E-state index contributed by atoms with van der Waals surface area (Å²) >= 11 is 0. The van der Waals surface area contributed by atoms with Gasteiger partial charge in [0.15, 0.2) is 0 Å². The molecule has 5 heteroatoms. The van der Waals surface area contributed by atoms with Gasteiger partial charge in [0.25, 0.3) is 0 Å². The van der Waals surface area contributed by atoms with E-state index in [1.807, 2.05) is 17.8 Å². The highest BCUT2D eigenvalue weighted by Crippen LogP contribution is 2.22. The molecule has 2 rings (SSSR count). The van der Waals surface area contributed by atoms with Gasteiger partial charge in [-0.15, -0.1) is 0 Å². The monoisotopic (exact) mass is 264 g/mol. The number of anilines is 1. The Morgan fingerprint density at radius 1 is 1.68 bits per heavy atom. The molecule has 1 fully saturated rings. The quantitative estimate of drug-likeness (QED) is 0.853. The van der Waals surface area contributed by atoms with Gasteiger partial charge in [0.1, 0.15) is 0 Å². The average molecular weight is 264 g/mol. The molecule has 2 unspecified atom stereocenters. The second-order valence-electron chi connectivity index (χ2n) is 5.42. The van der Waals surface area contributed by atoms with Crippen LogP contribution < -0.4 is 10.6 Å². The van der Waals surface area contributed by atoms with E-state index >= 15 is 0 Å². The van der Waals surface area contributed by atoms with E-state index in [1.54, 1.807) is 6.20 Å². The molecule has 0 spiro atoms. The fourth-order valence-corrected chi connectivity index (χ4v) is 2.64. The standard InChI is InChI=1S/C14H24N4O/c1-3-18-10-13(9-16-18)17-14(19)7-11(2)12-5-4-6-15-8-12/h9-12,15H,3-8H2,1-2H3,(H,17,19). The van der Waals surface area contributed by atoms with Crippen LogP contribution >= 0.6 is 0 Å². The van der Waals surface area contributed by atoms with Crippen LogP contribution in [-0.4, -0.2) is 28.8 Å². The lowest BCUT2D eigenvalue weighted by Crippen LogP contribution is -2.34. The Morgan fingerprint density at radius 2 is 2.53 bits per heavy atom. The van der Waals surface area contributed by atoms with Crippen molar-refractivity contribution in [1.29, 1.82) is 0 Å². The summed E-state index contributed by atoms with van der Waals surface area (Å²) in [6.45, 7) is 7.18. The maximum Gasteiger partial charge on any atom is 0.224 e. The van der Waals surface area contributed by atoms with Crippen molar-refractivity contribution in [2.45, 2.75) is 39.7 Å². The van der Waals surface area contributed by atoms with E-state index in [2.05, 4.69) is 22.7 Å². The largest absolute Gasteiger partial charge is 0.323 e. The van der Waals surface area contributed by atoms with Crippen LogP contribution in [0.15, 0.2) is 12.4 Å². The molecule has 106 valence electrons. The van der Waals surface area contributed by atoms with Crippen molar-refractivity contribution in [1.82, 2.24) is 15.1 Å². The van der Waals surface area contributed by atoms with Gasteiger partial charge in [-0.2, -0.15) is 5.10 Å². The Balaban J connectivity index is 1.79. The predicted molar refractivity (Wildman–Crippen MR) is 75.9 cm³/mol. The van der Waals surface area contributed by atoms with Gasteiger partial charge in [0.2, 0.25) is 5.91 Å². The van der Waals surface area contributed by atoms with E-state index < -0.39 is 0 Å². The van der Waals surface area contributed by atoms with Gasteiger partial charge >= 0.3 is 0 Å². The molecular weight excluding hydrogens is 240 g/mol. The number of piperidine rings is 1. The minimum absolute atomic E-state index is 0.0914. The number of hydrogen-bond donors (Lipinski definition) is 2. The van der Waals surface area contributed by atoms with Gasteiger partial charge in [0, 0.05) is 19.2 Å². The average Bonchev–Trinajstić information content (AvgIpc) is 2.87. The number of amides is 1. The number of aromatic nitrogens is 2. The van der Waals surface area contributed by atoms with Gasteiger partial charge in [-0.3, -0.25) is 9.48 Å². The summed E-state index contributed by atoms with van der Waals surface area (Å²) < 4.78 is 1.81. The molecule has 0 bridgehead atoms. The number of nitrogens with one attached hydrogen (secondary N) is 2. The molecular formula is C14H24N4O. The normalized spacial score (nSPS) is 21.1. The van der Waals surface area contributed by atoms with E-state index in [-0.39, 0.29) is 5.91 Å². The molecule has 2 N–H and O–H groups in total. The summed E-state index contributed by atoms with van der Waals surface area (Å²) in [7, 11) is 0. The predicted octanol–water partition coefficient (Wildman–Crippen LogP) is 1.87. The first kappa shape index (κ1) is 14.1. The molecule has 1 amide bonds. The smallest absolute Gasteiger partial charge is 0.224 e. The molecule has 1 aliphatic rings. The molecule has 0 aliphatic carbocycles. The second kappa shape index (κ2) is 6.70. The topological polar surface area (TPSA) is 59.0 Å². The molecule has 19 heavy (non-hydrogen) atoms. The molecule has 0 radical (unpaired) electrons. The lowest BCUT2D eigenvalue weighted by atomic mass is 9.85. The Hall–Kier alpha value is -1.36. The lowest BCUT2D eigenvalue weighted by molar-refractivity contribution is -0.117. The minimum Gasteiger partial charge on any atom is -0.323 e. The van der Waals surface area contributed by atoms with Crippen LogP contribution in [0.5, 0.6) is 0 Å². The Labute approximate surface area is 114 Å². The third-order valence-corrected chi connectivity index (χ3v) is 3.89. The van der Waals surface area contributed by atoms with Gasteiger partial charge < -0.3 is 10.6 Å². The Kier molecular flexibility index (Phi) is 4.96. The first-order chi connectivity index (χ1) is 9.19. The second-order valence-corrected chi connectivity index (χ2v) is 5.42. The molecule has 2 heterocycles. The molecule has 1 saturated heterocycles. The lowest BCUT2D eigenvalue weighted by Gasteiger charge is -2.27. The fraction of sp³-hybridized carbons (Fsp3) is 0.714. The minimum atomic E-state index is 0.0914.